The maximum Gasteiger partial charge on any atom is 0.171 e. The van der Waals surface area contributed by atoms with Crippen LogP contribution >= 0.6 is 23.6 Å². The highest BCUT2D eigenvalue weighted by atomic mass is 32.1. The number of hydrogen-bond acceptors (Lipinski definition) is 3. The summed E-state index contributed by atoms with van der Waals surface area (Å²) in [7, 11) is 0. The largest absolute Gasteiger partial charge is 0.358 e. The Kier molecular flexibility index (Phi) is 5.00. The number of nitrogens with zero attached hydrogens (tertiary/aromatic N) is 1. The number of anilines is 1. The molecule has 2 aromatic carbocycles. The van der Waals surface area contributed by atoms with Crippen LogP contribution in [0.1, 0.15) is 11.3 Å². The molecule has 0 atom stereocenters. The van der Waals surface area contributed by atoms with Crippen molar-refractivity contribution in [3.05, 3.63) is 71.2 Å². The smallest absolute Gasteiger partial charge is 0.171 e. The van der Waals surface area contributed by atoms with E-state index in [1.165, 1.54) is 5.56 Å². The lowest BCUT2D eigenvalue weighted by molar-refractivity contribution is 0.926. The molecule has 2 N–H and O–H groups in total. The first-order valence-electron chi connectivity index (χ1n) is 7.32. The molecular weight excluding hydrogens is 322 g/mol. The van der Waals surface area contributed by atoms with Crippen molar-refractivity contribution in [2.24, 2.45) is 0 Å². The molecule has 1 aromatic heterocycles. The fourth-order valence-electron chi connectivity index (χ4n) is 2.18. The van der Waals surface area contributed by atoms with Gasteiger partial charge in [-0.1, -0.05) is 36.4 Å². The third-order valence-electron chi connectivity index (χ3n) is 3.28. The summed E-state index contributed by atoms with van der Waals surface area (Å²) in [4.78, 5) is 4.53. The van der Waals surface area contributed by atoms with Crippen LogP contribution < -0.4 is 10.6 Å². The number of aromatic nitrogens is 1. The van der Waals surface area contributed by atoms with Crippen molar-refractivity contribution in [1.29, 1.82) is 0 Å². The topological polar surface area (TPSA) is 37.0 Å². The Hall–Kier alpha value is -2.24. The van der Waals surface area contributed by atoms with E-state index in [2.05, 4.69) is 45.3 Å². The number of hydrogen-bond donors (Lipinski definition) is 2. The lowest BCUT2D eigenvalue weighted by atomic mass is 10.1. The van der Waals surface area contributed by atoms with E-state index < -0.39 is 0 Å². The van der Waals surface area contributed by atoms with E-state index in [1.807, 2.05) is 37.3 Å². The number of benzene rings is 2. The van der Waals surface area contributed by atoms with E-state index in [-0.39, 0.29) is 0 Å². The van der Waals surface area contributed by atoms with Crippen LogP contribution in [0.5, 0.6) is 0 Å². The zero-order chi connectivity index (χ0) is 16.1. The highest BCUT2D eigenvalue weighted by molar-refractivity contribution is 7.80. The Morgan fingerprint density at radius 2 is 1.96 bits per heavy atom. The van der Waals surface area contributed by atoms with Gasteiger partial charge in [0, 0.05) is 28.9 Å². The minimum absolute atomic E-state index is 0.617. The van der Waals surface area contributed by atoms with Crippen LogP contribution in [0.15, 0.2) is 60.0 Å². The molecule has 1 heterocycles. The highest BCUT2D eigenvalue weighted by Crippen LogP contribution is 2.24. The van der Waals surface area contributed by atoms with Crippen LogP contribution in [0.4, 0.5) is 5.69 Å². The molecule has 0 saturated carbocycles. The fourth-order valence-corrected chi connectivity index (χ4v) is 3.16. The SMILES string of the molecule is Cc1csc(-c2cccc(CNC(=S)Nc3ccccc3)c2)n1. The molecule has 0 bridgehead atoms. The molecule has 0 aliphatic heterocycles. The summed E-state index contributed by atoms with van der Waals surface area (Å²) >= 11 is 7.00. The minimum atomic E-state index is 0.617. The van der Waals surface area contributed by atoms with Gasteiger partial charge in [0.05, 0.1) is 0 Å². The summed E-state index contributed by atoms with van der Waals surface area (Å²) in [5, 5.41) is 10.1. The van der Waals surface area contributed by atoms with Gasteiger partial charge in [-0.2, -0.15) is 0 Å². The molecule has 0 aliphatic rings. The number of thiazole rings is 1. The van der Waals surface area contributed by atoms with Crippen LogP contribution in [0.25, 0.3) is 10.6 Å². The zero-order valence-corrected chi connectivity index (χ0v) is 14.4. The molecule has 116 valence electrons. The summed E-state index contributed by atoms with van der Waals surface area (Å²) in [6, 6.07) is 18.3. The molecule has 3 nitrogen and oxygen atoms in total. The van der Waals surface area contributed by atoms with E-state index in [9.17, 15) is 0 Å². The predicted molar refractivity (Wildman–Crippen MR) is 102 cm³/mol. The van der Waals surface area contributed by atoms with Gasteiger partial charge in [0.1, 0.15) is 5.01 Å². The molecule has 0 saturated heterocycles. The summed E-state index contributed by atoms with van der Waals surface area (Å²) < 4.78 is 0. The van der Waals surface area contributed by atoms with Gasteiger partial charge in [-0.25, -0.2) is 4.98 Å². The van der Waals surface area contributed by atoms with Crippen molar-refractivity contribution >= 4 is 34.4 Å². The van der Waals surface area contributed by atoms with Crippen LogP contribution in [0.2, 0.25) is 0 Å². The minimum Gasteiger partial charge on any atom is -0.358 e. The summed E-state index contributed by atoms with van der Waals surface area (Å²) in [5.74, 6) is 0. The van der Waals surface area contributed by atoms with Crippen LogP contribution in [-0.2, 0) is 6.54 Å². The Bertz CT molecular complexity index is 797. The molecule has 0 spiro atoms. The molecule has 0 amide bonds. The van der Waals surface area contributed by atoms with Gasteiger partial charge in [0.25, 0.3) is 0 Å². The molecule has 5 heteroatoms. The maximum atomic E-state index is 5.33. The first-order valence-corrected chi connectivity index (χ1v) is 8.61. The van der Waals surface area contributed by atoms with Gasteiger partial charge in [0.2, 0.25) is 0 Å². The monoisotopic (exact) mass is 339 g/mol. The Balaban J connectivity index is 1.61. The van der Waals surface area contributed by atoms with Crippen molar-refractivity contribution < 1.29 is 0 Å². The second-order valence-corrected chi connectivity index (χ2v) is 6.43. The molecule has 0 aliphatic carbocycles. The molecule has 23 heavy (non-hydrogen) atoms. The quantitative estimate of drug-likeness (QED) is 0.681. The van der Waals surface area contributed by atoms with Gasteiger partial charge >= 0.3 is 0 Å². The number of para-hydroxylation sites is 1. The standard InChI is InChI=1S/C18H17N3S2/c1-13-12-23-17(20-13)15-7-5-6-14(10-15)11-19-18(22)21-16-8-3-2-4-9-16/h2-10,12H,11H2,1H3,(H2,19,21,22). The Labute approximate surface area is 145 Å². The van der Waals surface area contributed by atoms with Gasteiger partial charge in [-0.3, -0.25) is 0 Å². The lowest BCUT2D eigenvalue weighted by Crippen LogP contribution is -2.27. The van der Waals surface area contributed by atoms with E-state index >= 15 is 0 Å². The van der Waals surface area contributed by atoms with Gasteiger partial charge < -0.3 is 10.6 Å². The number of rotatable bonds is 4. The third-order valence-corrected chi connectivity index (χ3v) is 4.53. The number of aryl methyl sites for hydroxylation is 1. The van der Waals surface area contributed by atoms with E-state index in [4.69, 9.17) is 12.2 Å². The normalized spacial score (nSPS) is 10.3. The van der Waals surface area contributed by atoms with Crippen molar-refractivity contribution in [2.75, 3.05) is 5.32 Å². The van der Waals surface area contributed by atoms with Gasteiger partial charge in [0.15, 0.2) is 5.11 Å². The van der Waals surface area contributed by atoms with E-state index in [1.54, 1.807) is 11.3 Å². The van der Waals surface area contributed by atoms with Crippen molar-refractivity contribution in [3.63, 3.8) is 0 Å². The van der Waals surface area contributed by atoms with Gasteiger partial charge in [-0.05, 0) is 42.9 Å². The lowest BCUT2D eigenvalue weighted by Gasteiger charge is -2.11. The second kappa shape index (κ2) is 7.35. The Morgan fingerprint density at radius 1 is 1.13 bits per heavy atom. The molecule has 0 fully saturated rings. The first-order chi connectivity index (χ1) is 11.2. The van der Waals surface area contributed by atoms with Crippen molar-refractivity contribution in [3.8, 4) is 10.6 Å². The molecular formula is C18H17N3S2. The van der Waals surface area contributed by atoms with Crippen LogP contribution in [0.3, 0.4) is 0 Å². The van der Waals surface area contributed by atoms with E-state index in [0.717, 1.165) is 22.0 Å². The maximum absolute atomic E-state index is 5.33. The Morgan fingerprint density at radius 3 is 2.70 bits per heavy atom. The van der Waals surface area contributed by atoms with E-state index in [0.29, 0.717) is 11.7 Å². The fraction of sp³-hybridized carbons (Fsp3) is 0.111. The van der Waals surface area contributed by atoms with Gasteiger partial charge in [-0.15, -0.1) is 11.3 Å². The number of thiocarbonyl (C=S) groups is 1. The van der Waals surface area contributed by atoms with Crippen molar-refractivity contribution in [2.45, 2.75) is 13.5 Å². The average Bonchev–Trinajstić information content (AvgIpc) is 3.01. The zero-order valence-electron chi connectivity index (χ0n) is 12.7. The molecule has 3 aromatic rings. The van der Waals surface area contributed by atoms with Crippen LogP contribution in [0, 0.1) is 6.92 Å². The highest BCUT2D eigenvalue weighted by Gasteiger charge is 2.04. The average molecular weight is 339 g/mol. The molecule has 0 radical (unpaired) electrons. The first kappa shape index (κ1) is 15.6. The van der Waals surface area contributed by atoms with Crippen molar-refractivity contribution in [1.82, 2.24) is 10.3 Å². The predicted octanol–water partition coefficient (Wildman–Crippen LogP) is 4.61. The number of nitrogens with one attached hydrogen (secondary N) is 2. The second-order valence-electron chi connectivity index (χ2n) is 5.17. The summed E-state index contributed by atoms with van der Waals surface area (Å²) in [6.07, 6.45) is 0. The van der Waals surface area contributed by atoms with Crippen LogP contribution in [-0.4, -0.2) is 10.1 Å². The third kappa shape index (κ3) is 4.37. The molecule has 0 unspecified atom stereocenters. The summed E-state index contributed by atoms with van der Waals surface area (Å²) in [5.41, 5.74) is 4.36. The molecule has 3 rings (SSSR count). The summed E-state index contributed by atoms with van der Waals surface area (Å²) in [6.45, 7) is 2.69.